The molecule has 1 aromatic rings. The molecule has 0 atom stereocenters. The van der Waals surface area contributed by atoms with Crippen LogP contribution in [0.1, 0.15) is 47.2 Å². The number of hydrogen-bond acceptors (Lipinski definition) is 2. The van der Waals surface area contributed by atoms with Crippen molar-refractivity contribution in [3.63, 3.8) is 0 Å². The fourth-order valence-corrected chi connectivity index (χ4v) is 4.67. The number of nitrogens with zero attached hydrogens (tertiary/aromatic N) is 6. The van der Waals surface area contributed by atoms with E-state index in [1.807, 2.05) is 12.3 Å². The second kappa shape index (κ2) is 19.4. The van der Waals surface area contributed by atoms with Crippen molar-refractivity contribution in [2.24, 2.45) is 0 Å². The number of hydrogen-bond donors (Lipinski definition) is 0. The van der Waals surface area contributed by atoms with Gasteiger partial charge >= 0.3 is 26.2 Å². The summed E-state index contributed by atoms with van der Waals surface area (Å²) >= 11 is 0. The van der Waals surface area contributed by atoms with E-state index in [4.69, 9.17) is 9.96 Å². The van der Waals surface area contributed by atoms with E-state index in [1.165, 1.54) is 0 Å². The van der Waals surface area contributed by atoms with Crippen LogP contribution in [0.25, 0.3) is 20.6 Å². The van der Waals surface area contributed by atoms with Crippen LogP contribution in [0, 0.1) is 0 Å². The fourth-order valence-electron chi connectivity index (χ4n) is 2.41. The first kappa shape index (κ1) is 39.8. The standard InChI is InChI=1S/C22H44N4Si2.2C2H6N.Zr/c1-21(2,3)27(7,8)24-15-17-26(19-20-13-11-12-14-23-20)18-16-25-28(9,10)22(4,5)6;2*1-3-2;/h11-14H,15-19H2,1-10H3;2*1-2H3;/q-2;2*-1;+4. The minimum atomic E-state index is -1.58. The van der Waals surface area contributed by atoms with Crippen molar-refractivity contribution in [2.75, 3.05) is 54.4 Å². The Hall–Kier alpha value is 0.267. The first-order valence-electron chi connectivity index (χ1n) is 12.4. The minimum Gasteiger partial charge on any atom is -0.668 e. The molecule has 0 radical (unpaired) electrons. The summed E-state index contributed by atoms with van der Waals surface area (Å²) in [4.78, 5) is 17.3. The van der Waals surface area contributed by atoms with Gasteiger partial charge in [-0.25, -0.2) is 0 Å². The molecule has 35 heavy (non-hydrogen) atoms. The average Bonchev–Trinajstić information content (AvgIpc) is 2.68. The van der Waals surface area contributed by atoms with Crippen LogP contribution < -0.4 is 0 Å². The van der Waals surface area contributed by atoms with E-state index in [0.717, 1.165) is 38.4 Å². The molecule has 0 aliphatic heterocycles. The Kier molecular flexibility index (Phi) is 22.0. The summed E-state index contributed by atoms with van der Waals surface area (Å²) in [6.07, 6.45) is 1.88. The monoisotopic (exact) mass is 598 g/mol. The van der Waals surface area contributed by atoms with Gasteiger partial charge in [0.2, 0.25) is 0 Å². The van der Waals surface area contributed by atoms with Gasteiger partial charge in [-0.2, -0.15) is 28.2 Å². The molecule has 0 spiro atoms. The summed E-state index contributed by atoms with van der Waals surface area (Å²) in [5.74, 6) is 0. The Morgan fingerprint density at radius 2 is 1.11 bits per heavy atom. The summed E-state index contributed by atoms with van der Waals surface area (Å²) in [6.45, 7) is 28.1. The molecule has 0 unspecified atom stereocenters. The van der Waals surface area contributed by atoms with Gasteiger partial charge in [-0.05, 0) is 25.2 Å². The van der Waals surface area contributed by atoms with Crippen LogP contribution in [0.2, 0.25) is 36.3 Å². The molecule has 202 valence electrons. The smallest absolute Gasteiger partial charge is 0.668 e. The fraction of sp³-hybridized carbons (Fsp3) is 0.808. The topological polar surface area (TPSA) is 72.5 Å². The molecule has 0 fully saturated rings. The van der Waals surface area contributed by atoms with Crippen molar-refractivity contribution >= 4 is 16.5 Å². The molecule has 0 bridgehead atoms. The van der Waals surface area contributed by atoms with E-state index in [-0.39, 0.29) is 26.2 Å². The molecule has 0 aromatic carbocycles. The van der Waals surface area contributed by atoms with Crippen molar-refractivity contribution in [2.45, 2.75) is 84.4 Å². The first-order valence-corrected chi connectivity index (χ1v) is 18.3. The summed E-state index contributed by atoms with van der Waals surface area (Å²) in [5.41, 5.74) is 1.13. The summed E-state index contributed by atoms with van der Waals surface area (Å²) < 4.78 is 0. The zero-order valence-electron chi connectivity index (χ0n) is 25.5. The maximum absolute atomic E-state index is 5.16. The molecule has 9 heteroatoms. The van der Waals surface area contributed by atoms with Gasteiger partial charge in [0.25, 0.3) is 0 Å². The van der Waals surface area contributed by atoms with Gasteiger partial charge in [0.05, 0.1) is 5.69 Å². The van der Waals surface area contributed by atoms with E-state index in [9.17, 15) is 0 Å². The van der Waals surface area contributed by atoms with E-state index < -0.39 is 16.5 Å². The van der Waals surface area contributed by atoms with E-state index in [2.05, 4.69) is 100 Å². The molecular formula is C26H56N6Si2Zr. The second-order valence-electron chi connectivity index (χ2n) is 11.9. The molecule has 0 aliphatic carbocycles. The van der Waals surface area contributed by atoms with Crippen LogP contribution >= 0.6 is 0 Å². The summed E-state index contributed by atoms with van der Waals surface area (Å²) in [6, 6.07) is 6.16. The Bertz CT molecular complexity index is 583. The van der Waals surface area contributed by atoms with Gasteiger partial charge < -0.3 is 25.5 Å². The molecule has 1 rings (SSSR count). The molecule has 6 nitrogen and oxygen atoms in total. The van der Waals surface area contributed by atoms with Crippen molar-refractivity contribution in [3.8, 4) is 0 Å². The number of pyridine rings is 1. The average molecular weight is 600 g/mol. The Labute approximate surface area is 240 Å². The van der Waals surface area contributed by atoms with Crippen molar-refractivity contribution in [1.82, 2.24) is 9.88 Å². The van der Waals surface area contributed by atoms with Crippen LogP contribution in [0.5, 0.6) is 0 Å². The molecule has 0 N–H and O–H groups in total. The SMILES string of the molecule is CC(C)(C)[Si](C)(C)[N-]CCN(CC[N-][Si](C)(C)C(C)(C)C)Cc1ccccn1.C[N-]C.C[N-]C.[Zr+4]. The maximum atomic E-state index is 5.16. The molecule has 1 aromatic heterocycles. The maximum Gasteiger partial charge on any atom is 4.00 e. The zero-order chi connectivity index (χ0) is 27.1. The molecule has 0 saturated carbocycles. The van der Waals surface area contributed by atoms with Crippen molar-refractivity contribution in [1.29, 1.82) is 0 Å². The number of aromatic nitrogens is 1. The normalized spacial score (nSPS) is 12.2. The second-order valence-corrected chi connectivity index (χ2v) is 21.7. The van der Waals surface area contributed by atoms with Crippen LogP contribution in [-0.4, -0.2) is 80.7 Å². The van der Waals surface area contributed by atoms with Gasteiger partial charge in [-0.15, -0.1) is 13.1 Å². The van der Waals surface area contributed by atoms with E-state index >= 15 is 0 Å². The Morgan fingerprint density at radius 3 is 1.40 bits per heavy atom. The van der Waals surface area contributed by atoms with Crippen LogP contribution in [0.15, 0.2) is 24.4 Å². The number of rotatable bonds is 10. The Morgan fingerprint density at radius 1 is 0.743 bits per heavy atom. The zero-order valence-corrected chi connectivity index (χ0v) is 30.0. The van der Waals surface area contributed by atoms with Crippen LogP contribution in [0.3, 0.4) is 0 Å². The predicted molar refractivity (Wildman–Crippen MR) is 161 cm³/mol. The van der Waals surface area contributed by atoms with Crippen molar-refractivity contribution < 1.29 is 26.2 Å². The van der Waals surface area contributed by atoms with Gasteiger partial charge in [-0.3, -0.25) is 4.98 Å². The molecular weight excluding hydrogens is 544 g/mol. The van der Waals surface area contributed by atoms with Gasteiger partial charge in [0, 0.05) is 12.7 Å². The third-order valence-corrected chi connectivity index (χ3v) is 16.0. The van der Waals surface area contributed by atoms with Crippen LogP contribution in [0.4, 0.5) is 0 Å². The summed E-state index contributed by atoms with van der Waals surface area (Å²) in [7, 11) is 3.83. The third-order valence-electron chi connectivity index (χ3n) is 6.63. The molecule has 1 heterocycles. The predicted octanol–water partition coefficient (Wildman–Crippen LogP) is 7.88. The van der Waals surface area contributed by atoms with Gasteiger partial charge in [0.15, 0.2) is 0 Å². The molecule has 0 aliphatic rings. The molecule has 0 amide bonds. The first-order chi connectivity index (χ1) is 15.5. The Balaban J connectivity index is -0.00000132. The van der Waals surface area contributed by atoms with E-state index in [1.54, 1.807) is 28.2 Å². The van der Waals surface area contributed by atoms with Gasteiger partial charge in [-0.1, -0.05) is 100 Å². The van der Waals surface area contributed by atoms with Crippen molar-refractivity contribution in [3.05, 3.63) is 50.7 Å². The largest absolute Gasteiger partial charge is 4.00 e. The van der Waals surface area contributed by atoms with Crippen LogP contribution in [-0.2, 0) is 32.7 Å². The molecule has 0 saturated heterocycles. The minimum absolute atomic E-state index is 0. The summed E-state index contributed by atoms with van der Waals surface area (Å²) in [5, 5.41) is 7.60. The third kappa shape index (κ3) is 18.2. The van der Waals surface area contributed by atoms with E-state index in [0.29, 0.717) is 10.1 Å². The quantitative estimate of drug-likeness (QED) is 0.257. The van der Waals surface area contributed by atoms with Gasteiger partial charge in [0.1, 0.15) is 0 Å².